The number of rotatable bonds is 4. The average molecular weight is 300 g/mol. The summed E-state index contributed by atoms with van der Waals surface area (Å²) in [4.78, 5) is 9.01. The Hall–Kier alpha value is -0.680. The minimum Gasteiger partial charge on any atom is -0.372 e. The smallest absolute Gasteiger partial charge is 0.162 e. The fraction of sp³-hybridized carbons (Fsp3) is 0.667. The van der Waals surface area contributed by atoms with Crippen LogP contribution in [0.5, 0.6) is 0 Å². The Morgan fingerprint density at radius 1 is 1.47 bits per heavy atom. The first-order valence-electron chi connectivity index (χ1n) is 6.06. The summed E-state index contributed by atoms with van der Waals surface area (Å²) in [5.41, 5.74) is -0.263. The van der Waals surface area contributed by atoms with E-state index in [1.165, 1.54) is 12.8 Å². The van der Waals surface area contributed by atoms with Crippen molar-refractivity contribution in [1.29, 1.82) is 0 Å². The maximum atomic E-state index is 5.95. The minimum absolute atomic E-state index is 0.263. The molecule has 1 aromatic rings. The zero-order valence-corrected chi connectivity index (χ0v) is 11.9. The zero-order valence-electron chi connectivity index (χ0n) is 10.3. The molecule has 0 spiro atoms. The van der Waals surface area contributed by atoms with Crippen LogP contribution < -0.4 is 5.32 Å². The van der Waals surface area contributed by atoms with E-state index >= 15 is 0 Å². The molecule has 5 heteroatoms. The number of aromatic nitrogens is 2. The van der Waals surface area contributed by atoms with Crippen molar-refractivity contribution in [2.24, 2.45) is 0 Å². The second-order valence-corrected chi connectivity index (χ2v) is 5.13. The molecule has 4 nitrogen and oxygen atoms in total. The molecule has 0 aliphatic heterocycles. The van der Waals surface area contributed by atoms with E-state index in [9.17, 15) is 0 Å². The SMILES string of the molecule is CCOC1(c2ncc(Br)c(NC)n2)CCCC1. The lowest BCUT2D eigenvalue weighted by atomic mass is 10.0. The molecule has 0 unspecified atom stereocenters. The summed E-state index contributed by atoms with van der Waals surface area (Å²) in [5, 5.41) is 3.06. The number of ether oxygens (including phenoxy) is 1. The van der Waals surface area contributed by atoms with Gasteiger partial charge < -0.3 is 10.1 Å². The maximum Gasteiger partial charge on any atom is 0.162 e. The van der Waals surface area contributed by atoms with Crippen molar-refractivity contribution < 1.29 is 4.74 Å². The van der Waals surface area contributed by atoms with E-state index in [4.69, 9.17) is 4.74 Å². The van der Waals surface area contributed by atoms with Gasteiger partial charge in [0.05, 0.1) is 4.47 Å². The fourth-order valence-electron chi connectivity index (χ4n) is 2.42. The molecule has 1 aromatic heterocycles. The highest BCUT2D eigenvalue weighted by Gasteiger charge is 2.39. The monoisotopic (exact) mass is 299 g/mol. The number of anilines is 1. The molecular weight excluding hydrogens is 282 g/mol. The summed E-state index contributed by atoms with van der Waals surface area (Å²) in [6.45, 7) is 2.73. The Bertz CT molecular complexity index is 391. The second-order valence-electron chi connectivity index (χ2n) is 4.27. The molecule has 0 saturated heterocycles. The van der Waals surface area contributed by atoms with Crippen molar-refractivity contribution in [1.82, 2.24) is 9.97 Å². The summed E-state index contributed by atoms with van der Waals surface area (Å²) in [6.07, 6.45) is 6.22. The number of nitrogens with one attached hydrogen (secondary N) is 1. The Kier molecular flexibility index (Phi) is 3.99. The van der Waals surface area contributed by atoms with Crippen LogP contribution in [0, 0.1) is 0 Å². The molecule has 0 bridgehead atoms. The molecule has 1 saturated carbocycles. The molecule has 0 radical (unpaired) electrons. The lowest BCUT2D eigenvalue weighted by molar-refractivity contribution is -0.0456. The van der Waals surface area contributed by atoms with Gasteiger partial charge in [0.15, 0.2) is 5.82 Å². The second kappa shape index (κ2) is 5.31. The lowest BCUT2D eigenvalue weighted by Gasteiger charge is -2.27. The predicted molar refractivity (Wildman–Crippen MR) is 71.1 cm³/mol. The van der Waals surface area contributed by atoms with E-state index in [1.54, 1.807) is 6.20 Å². The van der Waals surface area contributed by atoms with Crippen LogP contribution in [0.25, 0.3) is 0 Å². The quantitative estimate of drug-likeness (QED) is 0.928. The molecule has 1 aliphatic carbocycles. The van der Waals surface area contributed by atoms with Gasteiger partial charge >= 0.3 is 0 Å². The van der Waals surface area contributed by atoms with E-state index in [0.717, 1.165) is 29.0 Å². The number of hydrogen-bond acceptors (Lipinski definition) is 4. The van der Waals surface area contributed by atoms with Crippen molar-refractivity contribution in [3.63, 3.8) is 0 Å². The summed E-state index contributed by atoms with van der Waals surface area (Å²) < 4.78 is 6.83. The fourth-order valence-corrected chi connectivity index (χ4v) is 2.81. The number of halogens is 1. The van der Waals surface area contributed by atoms with Gasteiger partial charge in [-0.25, -0.2) is 9.97 Å². The van der Waals surface area contributed by atoms with Crippen molar-refractivity contribution in [2.75, 3.05) is 19.0 Å². The summed E-state index contributed by atoms with van der Waals surface area (Å²) in [5.74, 6) is 1.63. The van der Waals surface area contributed by atoms with Gasteiger partial charge in [0.1, 0.15) is 11.4 Å². The van der Waals surface area contributed by atoms with Crippen molar-refractivity contribution in [2.45, 2.75) is 38.2 Å². The van der Waals surface area contributed by atoms with Crippen LogP contribution >= 0.6 is 15.9 Å². The molecule has 0 aromatic carbocycles. The lowest BCUT2D eigenvalue weighted by Crippen LogP contribution is -2.29. The zero-order chi connectivity index (χ0) is 12.3. The first-order valence-corrected chi connectivity index (χ1v) is 6.86. The summed E-state index contributed by atoms with van der Waals surface area (Å²) >= 11 is 3.43. The van der Waals surface area contributed by atoms with Crippen molar-refractivity contribution in [3.05, 3.63) is 16.5 Å². The third kappa shape index (κ3) is 2.45. The van der Waals surface area contributed by atoms with Crippen LogP contribution in [0.2, 0.25) is 0 Å². The van der Waals surface area contributed by atoms with E-state index < -0.39 is 0 Å². The topological polar surface area (TPSA) is 47.0 Å². The van der Waals surface area contributed by atoms with Crippen LogP contribution in [0.15, 0.2) is 10.7 Å². The first kappa shape index (κ1) is 12.8. The predicted octanol–water partition coefficient (Wildman–Crippen LogP) is 3.09. The summed E-state index contributed by atoms with van der Waals surface area (Å²) in [6, 6.07) is 0. The first-order chi connectivity index (χ1) is 8.22. The van der Waals surface area contributed by atoms with E-state index in [-0.39, 0.29) is 5.60 Å². The van der Waals surface area contributed by atoms with Gasteiger partial charge in [0.2, 0.25) is 0 Å². The average Bonchev–Trinajstić information content (AvgIpc) is 2.80. The standard InChI is InChI=1S/C12H18BrN3O/c1-3-17-12(6-4-5-7-12)11-15-8-9(13)10(14-2)16-11/h8H,3-7H2,1-2H3,(H,14,15,16). The maximum absolute atomic E-state index is 5.95. The van der Waals surface area contributed by atoms with Crippen LogP contribution in [0.1, 0.15) is 38.4 Å². The molecule has 1 N–H and O–H groups in total. The van der Waals surface area contributed by atoms with Gasteiger partial charge in [-0.1, -0.05) is 0 Å². The minimum atomic E-state index is -0.263. The number of nitrogens with zero attached hydrogens (tertiary/aromatic N) is 2. The molecule has 2 rings (SSSR count). The Morgan fingerprint density at radius 3 is 2.76 bits per heavy atom. The molecule has 0 amide bonds. The van der Waals surface area contributed by atoms with Gasteiger partial charge in [-0.3, -0.25) is 0 Å². The van der Waals surface area contributed by atoms with E-state index in [2.05, 4.69) is 31.2 Å². The highest BCUT2D eigenvalue weighted by atomic mass is 79.9. The largest absolute Gasteiger partial charge is 0.372 e. The van der Waals surface area contributed by atoms with Gasteiger partial charge in [0, 0.05) is 19.9 Å². The Balaban J connectivity index is 2.36. The summed E-state index contributed by atoms with van der Waals surface area (Å²) in [7, 11) is 1.86. The Labute approximate surface area is 110 Å². The van der Waals surface area contributed by atoms with E-state index in [0.29, 0.717) is 6.61 Å². The van der Waals surface area contributed by atoms with Crippen LogP contribution in [-0.2, 0) is 10.3 Å². The van der Waals surface area contributed by atoms with Gasteiger partial charge in [-0.05, 0) is 48.5 Å². The molecule has 94 valence electrons. The highest BCUT2D eigenvalue weighted by Crippen LogP contribution is 2.41. The van der Waals surface area contributed by atoms with Crippen molar-refractivity contribution >= 4 is 21.7 Å². The third-order valence-electron chi connectivity index (χ3n) is 3.22. The molecule has 17 heavy (non-hydrogen) atoms. The van der Waals surface area contributed by atoms with Crippen LogP contribution in [0.3, 0.4) is 0 Å². The molecule has 1 fully saturated rings. The van der Waals surface area contributed by atoms with Gasteiger partial charge in [-0.15, -0.1) is 0 Å². The highest BCUT2D eigenvalue weighted by molar-refractivity contribution is 9.10. The van der Waals surface area contributed by atoms with E-state index in [1.807, 2.05) is 14.0 Å². The third-order valence-corrected chi connectivity index (χ3v) is 3.80. The van der Waals surface area contributed by atoms with Crippen LogP contribution in [-0.4, -0.2) is 23.6 Å². The van der Waals surface area contributed by atoms with Gasteiger partial charge in [0.25, 0.3) is 0 Å². The molecule has 1 heterocycles. The van der Waals surface area contributed by atoms with Crippen LogP contribution in [0.4, 0.5) is 5.82 Å². The molecular formula is C12H18BrN3O. The number of hydrogen-bond donors (Lipinski definition) is 1. The normalized spacial score (nSPS) is 18.3. The molecule has 0 atom stereocenters. The molecule has 1 aliphatic rings. The van der Waals surface area contributed by atoms with Crippen molar-refractivity contribution in [3.8, 4) is 0 Å². The van der Waals surface area contributed by atoms with Gasteiger partial charge in [-0.2, -0.15) is 0 Å². The Morgan fingerprint density at radius 2 is 2.18 bits per heavy atom.